The second kappa shape index (κ2) is 5.50. The van der Waals surface area contributed by atoms with Crippen molar-refractivity contribution in [2.24, 2.45) is 0 Å². The van der Waals surface area contributed by atoms with Gasteiger partial charge in [-0.25, -0.2) is 0 Å². The molecule has 0 nitrogen and oxygen atoms in total. The topological polar surface area (TPSA) is 0 Å². The average molecular weight is 371 g/mol. The Labute approximate surface area is 128 Å². The van der Waals surface area contributed by atoms with Gasteiger partial charge in [0.1, 0.15) is 0 Å². The number of halogens is 4. The number of alkyl halides is 1. The largest absolute Gasteiger partial charge is 0.130 e. The summed E-state index contributed by atoms with van der Waals surface area (Å²) in [5.74, 6) is 0. The summed E-state index contributed by atoms with van der Waals surface area (Å²) in [5.41, 5.74) is 2.14. The highest BCUT2D eigenvalue weighted by atomic mass is 79.9. The van der Waals surface area contributed by atoms with Crippen LogP contribution in [0.5, 0.6) is 0 Å². The molecule has 1 atom stereocenters. The lowest BCUT2D eigenvalue weighted by Gasteiger charge is -2.11. The lowest BCUT2D eigenvalue weighted by Crippen LogP contribution is -1.93. The predicted molar refractivity (Wildman–Crippen MR) is 80.9 cm³/mol. The fourth-order valence-corrected chi connectivity index (χ4v) is 3.98. The van der Waals surface area contributed by atoms with Crippen molar-refractivity contribution in [1.82, 2.24) is 0 Å². The highest BCUT2D eigenvalue weighted by Gasteiger charge is 2.17. The first-order chi connectivity index (χ1) is 7.99. The van der Waals surface area contributed by atoms with E-state index in [4.69, 9.17) is 34.8 Å². The van der Waals surface area contributed by atoms with Crippen LogP contribution < -0.4 is 0 Å². The maximum atomic E-state index is 6.46. The minimum absolute atomic E-state index is 0.193. The van der Waals surface area contributed by atoms with Crippen LogP contribution in [0.15, 0.2) is 28.1 Å². The Kier molecular flexibility index (Phi) is 4.43. The molecule has 0 aliphatic heterocycles. The van der Waals surface area contributed by atoms with Crippen molar-refractivity contribution in [1.29, 1.82) is 0 Å². The molecular formula is C12H8BrCl3S. The third kappa shape index (κ3) is 2.99. The van der Waals surface area contributed by atoms with Crippen LogP contribution in [0.1, 0.15) is 21.4 Å². The molecule has 0 aliphatic carbocycles. The third-order valence-corrected chi connectivity index (χ3v) is 5.79. The van der Waals surface area contributed by atoms with Crippen LogP contribution in [-0.2, 0) is 0 Å². The lowest BCUT2D eigenvalue weighted by atomic mass is 10.0. The Morgan fingerprint density at radius 1 is 1.24 bits per heavy atom. The molecule has 0 radical (unpaired) electrons. The Morgan fingerprint density at radius 2 is 1.94 bits per heavy atom. The lowest BCUT2D eigenvalue weighted by molar-refractivity contribution is 1.15. The predicted octanol–water partition coefficient (Wildman–Crippen LogP) is 6.45. The molecule has 1 aromatic heterocycles. The Balaban J connectivity index is 2.39. The summed E-state index contributed by atoms with van der Waals surface area (Å²) in [4.78, 5) is 1.02. The van der Waals surface area contributed by atoms with E-state index in [9.17, 15) is 0 Å². The average Bonchev–Trinajstić information content (AvgIpc) is 2.58. The molecule has 0 fully saturated rings. The van der Waals surface area contributed by atoms with Crippen molar-refractivity contribution in [3.8, 4) is 0 Å². The SMILES string of the molecule is Cc1cc(Cl)ccc1C(Cl)c1cc(Cl)c(Br)s1. The molecule has 0 saturated carbocycles. The molecule has 0 aliphatic rings. The molecule has 0 amide bonds. The first-order valence-electron chi connectivity index (χ1n) is 4.84. The van der Waals surface area contributed by atoms with Crippen molar-refractivity contribution >= 4 is 62.1 Å². The number of benzene rings is 1. The van der Waals surface area contributed by atoms with Gasteiger partial charge in [0.15, 0.2) is 0 Å². The normalized spacial score (nSPS) is 12.8. The van der Waals surface area contributed by atoms with Crippen LogP contribution in [0.3, 0.4) is 0 Å². The Hall–Kier alpha value is 0.270. The maximum absolute atomic E-state index is 6.46. The van der Waals surface area contributed by atoms with E-state index < -0.39 is 0 Å². The Bertz CT molecular complexity index is 531. The second-order valence-electron chi connectivity index (χ2n) is 3.63. The van der Waals surface area contributed by atoms with Gasteiger partial charge in [-0.1, -0.05) is 29.3 Å². The number of aryl methyl sites for hydroxylation is 1. The van der Waals surface area contributed by atoms with Crippen LogP contribution in [0.2, 0.25) is 10.0 Å². The van der Waals surface area contributed by atoms with Gasteiger partial charge in [-0.15, -0.1) is 22.9 Å². The van der Waals surface area contributed by atoms with Crippen LogP contribution in [0.4, 0.5) is 0 Å². The van der Waals surface area contributed by atoms with Crippen LogP contribution >= 0.6 is 62.1 Å². The van der Waals surface area contributed by atoms with Crippen molar-refractivity contribution in [3.63, 3.8) is 0 Å². The summed E-state index contributed by atoms with van der Waals surface area (Å²) in [6, 6.07) is 7.61. The number of rotatable bonds is 2. The summed E-state index contributed by atoms with van der Waals surface area (Å²) < 4.78 is 0.909. The third-order valence-electron chi connectivity index (χ3n) is 2.42. The molecular weight excluding hydrogens is 362 g/mol. The van der Waals surface area contributed by atoms with E-state index in [-0.39, 0.29) is 5.38 Å². The van der Waals surface area contributed by atoms with Crippen molar-refractivity contribution in [2.45, 2.75) is 12.3 Å². The highest BCUT2D eigenvalue weighted by molar-refractivity contribution is 9.11. The van der Waals surface area contributed by atoms with E-state index in [2.05, 4.69) is 15.9 Å². The molecule has 2 rings (SSSR count). The first-order valence-corrected chi connectivity index (χ1v) is 7.64. The van der Waals surface area contributed by atoms with E-state index >= 15 is 0 Å². The first kappa shape index (κ1) is 13.7. The molecule has 1 heterocycles. The van der Waals surface area contributed by atoms with E-state index in [0.717, 1.165) is 24.8 Å². The molecule has 1 unspecified atom stereocenters. The maximum Gasteiger partial charge on any atom is 0.0931 e. The van der Waals surface area contributed by atoms with Gasteiger partial charge in [0, 0.05) is 9.90 Å². The molecule has 0 N–H and O–H groups in total. The minimum atomic E-state index is -0.193. The van der Waals surface area contributed by atoms with Gasteiger partial charge in [-0.2, -0.15) is 0 Å². The van der Waals surface area contributed by atoms with Crippen molar-refractivity contribution in [2.75, 3.05) is 0 Å². The molecule has 0 spiro atoms. The van der Waals surface area contributed by atoms with E-state index in [0.29, 0.717) is 5.02 Å². The van der Waals surface area contributed by atoms with Gasteiger partial charge in [0.2, 0.25) is 0 Å². The van der Waals surface area contributed by atoms with E-state index in [1.165, 1.54) is 0 Å². The smallest absolute Gasteiger partial charge is 0.0931 e. The van der Waals surface area contributed by atoms with Gasteiger partial charge in [0.25, 0.3) is 0 Å². The van der Waals surface area contributed by atoms with Gasteiger partial charge in [-0.3, -0.25) is 0 Å². The fourth-order valence-electron chi connectivity index (χ4n) is 1.56. The van der Waals surface area contributed by atoms with Crippen LogP contribution in [-0.4, -0.2) is 0 Å². The van der Waals surface area contributed by atoms with Crippen molar-refractivity contribution in [3.05, 3.63) is 54.1 Å². The zero-order valence-electron chi connectivity index (χ0n) is 8.81. The number of hydrogen-bond acceptors (Lipinski definition) is 1. The molecule has 17 heavy (non-hydrogen) atoms. The van der Waals surface area contributed by atoms with Gasteiger partial charge in [0.05, 0.1) is 14.2 Å². The number of thiophene rings is 1. The molecule has 90 valence electrons. The molecule has 2 aromatic rings. The zero-order valence-corrected chi connectivity index (χ0v) is 13.5. The van der Waals surface area contributed by atoms with E-state index in [1.54, 1.807) is 11.3 Å². The summed E-state index contributed by atoms with van der Waals surface area (Å²) in [7, 11) is 0. The summed E-state index contributed by atoms with van der Waals surface area (Å²) in [5, 5.41) is 1.23. The van der Waals surface area contributed by atoms with Gasteiger partial charge in [-0.05, 0) is 52.2 Å². The van der Waals surface area contributed by atoms with Crippen LogP contribution in [0, 0.1) is 6.92 Å². The summed E-state index contributed by atoms with van der Waals surface area (Å²) in [6.45, 7) is 2.00. The van der Waals surface area contributed by atoms with Crippen molar-refractivity contribution < 1.29 is 0 Å². The van der Waals surface area contributed by atoms with Gasteiger partial charge < -0.3 is 0 Å². The zero-order chi connectivity index (χ0) is 12.6. The Morgan fingerprint density at radius 3 is 2.47 bits per heavy atom. The standard InChI is InChI=1S/C12H8BrCl3S/c1-6-4-7(14)2-3-8(6)11(16)10-5-9(15)12(13)17-10/h2-5,11H,1H3. The molecule has 1 aromatic carbocycles. The monoisotopic (exact) mass is 368 g/mol. The minimum Gasteiger partial charge on any atom is -0.130 e. The van der Waals surface area contributed by atoms with E-state index in [1.807, 2.05) is 31.2 Å². The quantitative estimate of drug-likeness (QED) is 0.533. The number of hydrogen-bond donors (Lipinski definition) is 0. The summed E-state index contributed by atoms with van der Waals surface area (Å²) >= 11 is 23.3. The van der Waals surface area contributed by atoms with Gasteiger partial charge >= 0.3 is 0 Å². The van der Waals surface area contributed by atoms with Crippen LogP contribution in [0.25, 0.3) is 0 Å². The molecule has 5 heteroatoms. The second-order valence-corrected chi connectivity index (χ2v) is 7.32. The fraction of sp³-hybridized carbons (Fsp3) is 0.167. The summed E-state index contributed by atoms with van der Waals surface area (Å²) in [6.07, 6.45) is 0. The molecule has 0 saturated heterocycles. The highest BCUT2D eigenvalue weighted by Crippen LogP contribution is 2.41. The molecule has 0 bridgehead atoms.